The van der Waals surface area contributed by atoms with Crippen LogP contribution in [0.15, 0.2) is 0 Å². The molecule has 16 atom stereocenters. The highest BCUT2D eigenvalue weighted by Crippen LogP contribution is 2.06. The molecule has 0 bridgehead atoms. The third-order valence-electron chi connectivity index (χ3n) is 6.95. The minimum absolute atomic E-state index is 0.0936. The van der Waals surface area contributed by atoms with Crippen LogP contribution in [0, 0.1) is 0 Å². The highest BCUT2D eigenvalue weighted by atomic mass is 16.4. The average molecular weight is 781 g/mol. The molecule has 16 unspecified atom stereocenters. The largest absolute Gasteiger partial charge is 0.394 e. The summed E-state index contributed by atoms with van der Waals surface area (Å²) < 4.78 is 0. The van der Waals surface area contributed by atoms with E-state index in [2.05, 4.69) is 21.3 Å². The molecule has 0 aliphatic heterocycles. The summed E-state index contributed by atoms with van der Waals surface area (Å²) >= 11 is 0. The van der Waals surface area contributed by atoms with Gasteiger partial charge in [0.1, 0.15) is 73.2 Å². The highest BCUT2D eigenvalue weighted by Gasteiger charge is 2.32. The van der Waals surface area contributed by atoms with Crippen LogP contribution >= 0.6 is 0 Å². The summed E-state index contributed by atoms with van der Waals surface area (Å²) in [6.07, 6.45) is -22.6. The van der Waals surface area contributed by atoms with E-state index in [0.29, 0.717) is 0 Å². The van der Waals surface area contributed by atoms with Gasteiger partial charge < -0.3 is 123 Å². The second-order valence-electron chi connectivity index (χ2n) is 11.4. The first-order valence-corrected chi connectivity index (χ1v) is 16.1. The molecule has 0 aliphatic carbocycles. The molecule has 0 rings (SSSR count). The average Bonchev–Trinajstić information content (AvgIpc) is 3.14. The summed E-state index contributed by atoms with van der Waals surface area (Å²) in [6, 6.07) is 0. The van der Waals surface area contributed by atoms with E-state index in [1.165, 1.54) is 0 Å². The molecule has 0 saturated carbocycles. The molecular formula is C28H68N4O20. The smallest absolute Gasteiger partial charge is 0.111 e. The van der Waals surface area contributed by atoms with Crippen LogP contribution in [0.5, 0.6) is 0 Å². The van der Waals surface area contributed by atoms with Gasteiger partial charge in [0.2, 0.25) is 0 Å². The fraction of sp³-hybridized carbons (Fsp3) is 1.00. The minimum Gasteiger partial charge on any atom is -0.394 e. The Balaban J connectivity index is -0.000000295. The van der Waals surface area contributed by atoms with E-state index in [1.807, 2.05) is 0 Å². The zero-order valence-corrected chi connectivity index (χ0v) is 29.8. The summed E-state index contributed by atoms with van der Waals surface area (Å²) in [5.74, 6) is 0. The Hall–Kier alpha value is -0.960. The van der Waals surface area contributed by atoms with Gasteiger partial charge in [-0.1, -0.05) is 0 Å². The number of aliphatic hydroxyl groups is 20. The maximum absolute atomic E-state index is 9.21. The predicted octanol–water partition coefficient (Wildman–Crippen LogP) is -13.4. The van der Waals surface area contributed by atoms with Crippen LogP contribution in [-0.2, 0) is 0 Å². The molecule has 0 fully saturated rings. The summed E-state index contributed by atoms with van der Waals surface area (Å²) in [4.78, 5) is 0. The molecule has 0 aromatic carbocycles. The fourth-order valence-corrected chi connectivity index (χ4v) is 3.57. The van der Waals surface area contributed by atoms with Crippen molar-refractivity contribution in [1.82, 2.24) is 21.3 Å². The van der Waals surface area contributed by atoms with Crippen molar-refractivity contribution in [3.63, 3.8) is 0 Å². The number of nitrogens with one attached hydrogen (secondary N) is 4. The molecule has 0 saturated heterocycles. The van der Waals surface area contributed by atoms with Crippen molar-refractivity contribution < 1.29 is 102 Å². The summed E-state index contributed by atoms with van der Waals surface area (Å²) in [7, 11) is 6.30. The number of rotatable bonds is 24. The zero-order chi connectivity index (χ0) is 41.7. The van der Waals surface area contributed by atoms with Crippen molar-refractivity contribution in [3.05, 3.63) is 0 Å². The number of aliphatic hydroxyl groups excluding tert-OH is 20. The Morgan fingerprint density at radius 3 is 0.462 bits per heavy atom. The Bertz CT molecular complexity index is 656. The fourth-order valence-electron chi connectivity index (χ4n) is 3.57. The van der Waals surface area contributed by atoms with Crippen molar-refractivity contribution in [3.8, 4) is 0 Å². The monoisotopic (exact) mass is 780 g/mol. The van der Waals surface area contributed by atoms with Gasteiger partial charge >= 0.3 is 0 Å². The molecular weight excluding hydrogens is 712 g/mol. The molecule has 0 radical (unpaired) electrons. The van der Waals surface area contributed by atoms with Gasteiger partial charge in [-0.2, -0.15) is 0 Å². The normalized spacial score (nSPS) is 20.8. The van der Waals surface area contributed by atoms with Crippen molar-refractivity contribution in [2.75, 3.05) is 80.8 Å². The van der Waals surface area contributed by atoms with Crippen molar-refractivity contribution in [2.24, 2.45) is 0 Å². The lowest BCUT2D eigenvalue weighted by Crippen LogP contribution is -2.48. The Kier molecular flexibility index (Phi) is 38.3. The van der Waals surface area contributed by atoms with Gasteiger partial charge in [-0.3, -0.25) is 0 Å². The van der Waals surface area contributed by atoms with Crippen LogP contribution in [0.25, 0.3) is 0 Å². The Morgan fingerprint density at radius 2 is 0.365 bits per heavy atom. The molecule has 24 nitrogen and oxygen atoms in total. The van der Waals surface area contributed by atoms with Gasteiger partial charge in [0.15, 0.2) is 0 Å². The first-order valence-electron chi connectivity index (χ1n) is 16.1. The first-order chi connectivity index (χ1) is 24.2. The number of hydrogen-bond donors (Lipinski definition) is 24. The van der Waals surface area contributed by atoms with E-state index in [0.717, 1.165) is 0 Å². The quantitative estimate of drug-likeness (QED) is 0.0432. The van der Waals surface area contributed by atoms with Gasteiger partial charge in [-0.05, 0) is 28.2 Å². The number of likely N-dealkylation sites (N-methyl/N-ethyl adjacent to an activating group) is 4. The molecule has 320 valence electrons. The van der Waals surface area contributed by atoms with E-state index in [1.54, 1.807) is 28.2 Å². The molecule has 0 aliphatic rings. The van der Waals surface area contributed by atoms with E-state index in [9.17, 15) is 20.4 Å². The minimum atomic E-state index is -1.55. The van der Waals surface area contributed by atoms with E-state index in [4.69, 9.17) is 81.7 Å². The topological polar surface area (TPSA) is 453 Å². The third kappa shape index (κ3) is 25.2. The lowest BCUT2D eigenvalue weighted by molar-refractivity contribution is -0.113. The first kappa shape index (κ1) is 57.8. The summed E-state index contributed by atoms with van der Waals surface area (Å²) in [5.41, 5.74) is 0. The molecule has 24 N–H and O–H groups in total. The molecule has 0 aromatic rings. The molecule has 24 heteroatoms. The second kappa shape index (κ2) is 34.5. The van der Waals surface area contributed by atoms with Gasteiger partial charge in [0.25, 0.3) is 0 Å². The molecule has 0 heterocycles. The van der Waals surface area contributed by atoms with Crippen LogP contribution in [0.1, 0.15) is 0 Å². The highest BCUT2D eigenvalue weighted by molar-refractivity contribution is 4.83. The third-order valence-corrected chi connectivity index (χ3v) is 6.95. The van der Waals surface area contributed by atoms with Crippen molar-refractivity contribution >= 4 is 0 Å². The van der Waals surface area contributed by atoms with E-state index < -0.39 is 124 Å². The van der Waals surface area contributed by atoms with Gasteiger partial charge in [0, 0.05) is 26.2 Å². The number of hydrogen-bond acceptors (Lipinski definition) is 24. The molecule has 0 aromatic heterocycles. The molecule has 52 heavy (non-hydrogen) atoms. The van der Waals surface area contributed by atoms with Crippen molar-refractivity contribution in [1.29, 1.82) is 0 Å². The van der Waals surface area contributed by atoms with Gasteiger partial charge in [0.05, 0.1) is 50.8 Å². The second-order valence-corrected chi connectivity index (χ2v) is 11.4. The van der Waals surface area contributed by atoms with Crippen LogP contribution < -0.4 is 21.3 Å². The molecule has 0 spiro atoms. The van der Waals surface area contributed by atoms with Gasteiger partial charge in [-0.15, -0.1) is 0 Å². The molecule has 0 amide bonds. The summed E-state index contributed by atoms with van der Waals surface area (Å²) in [5, 5.41) is 190. The Morgan fingerprint density at radius 1 is 0.250 bits per heavy atom. The lowest BCUT2D eigenvalue weighted by Gasteiger charge is -2.25. The standard InChI is InChI=1S/4C7H17NO5/c4*1-8-2-4(10)6(12)7(13)5(11)3-9/h4*4-13H,2-3H2,1H3. The van der Waals surface area contributed by atoms with Crippen LogP contribution in [0.3, 0.4) is 0 Å². The van der Waals surface area contributed by atoms with Gasteiger partial charge in [-0.25, -0.2) is 0 Å². The van der Waals surface area contributed by atoms with Crippen LogP contribution in [0.2, 0.25) is 0 Å². The predicted molar refractivity (Wildman–Crippen MR) is 180 cm³/mol. The maximum atomic E-state index is 9.21. The zero-order valence-electron chi connectivity index (χ0n) is 29.8. The van der Waals surface area contributed by atoms with Crippen LogP contribution in [0.4, 0.5) is 0 Å². The van der Waals surface area contributed by atoms with Crippen LogP contribution in [-0.4, -0.2) is 281 Å². The lowest BCUT2D eigenvalue weighted by atomic mass is 10.0. The SMILES string of the molecule is CNCC(O)C(O)C(O)C(O)CO.CNCC(O)C(O)C(O)C(O)CO.CNCC(O)C(O)C(O)C(O)CO.CNCC(O)C(O)C(O)C(O)CO. The van der Waals surface area contributed by atoms with Crippen molar-refractivity contribution in [2.45, 2.75) is 97.7 Å². The van der Waals surface area contributed by atoms with E-state index >= 15 is 0 Å². The maximum Gasteiger partial charge on any atom is 0.111 e. The Labute approximate surface area is 302 Å². The summed E-state index contributed by atoms with van der Waals surface area (Å²) in [6.45, 7) is -2.27. The van der Waals surface area contributed by atoms with E-state index in [-0.39, 0.29) is 26.2 Å².